The van der Waals surface area contributed by atoms with E-state index in [2.05, 4.69) is 4.98 Å². The van der Waals surface area contributed by atoms with E-state index < -0.39 is 11.8 Å². The maximum absolute atomic E-state index is 12.7. The molecule has 0 atom stereocenters. The number of hydrogen-bond donors (Lipinski definition) is 1. The fourth-order valence-electron chi connectivity index (χ4n) is 2.29. The molecule has 0 radical (unpaired) electrons. The summed E-state index contributed by atoms with van der Waals surface area (Å²) in [6.07, 6.45) is -3.54. The highest BCUT2D eigenvalue weighted by Gasteiger charge is 2.54. The molecule has 0 bridgehead atoms. The average Bonchev–Trinajstić information content (AvgIpc) is 2.79. The highest BCUT2D eigenvalue weighted by molar-refractivity contribution is 5.06. The van der Waals surface area contributed by atoms with Crippen LogP contribution in [0, 0.1) is 0 Å². The second-order valence-electron chi connectivity index (χ2n) is 6.67. The van der Waals surface area contributed by atoms with Crippen molar-refractivity contribution in [3.63, 3.8) is 0 Å². The number of nitrogens with zero attached hydrogens (tertiary/aromatic N) is 2. The molecule has 1 aromatic rings. The van der Waals surface area contributed by atoms with E-state index in [-0.39, 0.29) is 31.3 Å². The molecular formula is C14H21F3N2O2. The molecule has 21 heavy (non-hydrogen) atoms. The van der Waals surface area contributed by atoms with Crippen molar-refractivity contribution in [1.29, 1.82) is 0 Å². The van der Waals surface area contributed by atoms with Gasteiger partial charge in [-0.2, -0.15) is 13.2 Å². The third-order valence-electron chi connectivity index (χ3n) is 3.86. The van der Waals surface area contributed by atoms with Crippen molar-refractivity contribution in [3.05, 3.63) is 17.8 Å². The molecule has 1 fully saturated rings. The van der Waals surface area contributed by atoms with Gasteiger partial charge in [-0.1, -0.05) is 20.8 Å². The number of hydrogen-bond acceptors (Lipinski definition) is 4. The minimum absolute atomic E-state index is 0.149. The SMILES string of the molecule is CC(C)(C)c1cnc(CN2CCC(O)(C(F)(F)F)CC2)o1. The van der Waals surface area contributed by atoms with E-state index in [1.54, 1.807) is 6.20 Å². The molecule has 0 aliphatic carbocycles. The van der Waals surface area contributed by atoms with E-state index in [1.165, 1.54) is 0 Å². The summed E-state index contributed by atoms with van der Waals surface area (Å²) >= 11 is 0. The first-order valence-corrected chi connectivity index (χ1v) is 6.98. The van der Waals surface area contributed by atoms with E-state index in [4.69, 9.17) is 4.42 Å². The summed E-state index contributed by atoms with van der Waals surface area (Å²) in [6, 6.07) is 0. The first-order valence-electron chi connectivity index (χ1n) is 6.98. The molecule has 1 aliphatic heterocycles. The van der Waals surface area contributed by atoms with Gasteiger partial charge in [0, 0.05) is 18.5 Å². The van der Waals surface area contributed by atoms with Crippen molar-refractivity contribution in [2.45, 2.75) is 57.3 Å². The Morgan fingerprint density at radius 3 is 2.29 bits per heavy atom. The van der Waals surface area contributed by atoms with Crippen molar-refractivity contribution >= 4 is 0 Å². The number of piperidine rings is 1. The van der Waals surface area contributed by atoms with Crippen LogP contribution in [-0.2, 0) is 12.0 Å². The molecule has 0 unspecified atom stereocenters. The zero-order valence-electron chi connectivity index (χ0n) is 12.5. The second kappa shape index (κ2) is 5.28. The highest BCUT2D eigenvalue weighted by Crippen LogP contribution is 2.38. The molecule has 0 saturated carbocycles. The quantitative estimate of drug-likeness (QED) is 0.913. The van der Waals surface area contributed by atoms with Gasteiger partial charge in [0.2, 0.25) is 5.89 Å². The molecule has 2 rings (SSSR count). The third kappa shape index (κ3) is 3.58. The van der Waals surface area contributed by atoms with E-state index in [0.717, 1.165) is 5.76 Å². The van der Waals surface area contributed by atoms with E-state index in [0.29, 0.717) is 12.4 Å². The Morgan fingerprint density at radius 2 is 1.86 bits per heavy atom. The van der Waals surface area contributed by atoms with Crippen LogP contribution in [-0.4, -0.2) is 39.9 Å². The average molecular weight is 306 g/mol. The Bertz CT molecular complexity index is 483. The first kappa shape index (κ1) is 16.3. The maximum atomic E-state index is 12.7. The van der Waals surface area contributed by atoms with E-state index in [1.807, 2.05) is 25.7 Å². The van der Waals surface area contributed by atoms with Crippen molar-refractivity contribution in [2.75, 3.05) is 13.1 Å². The van der Waals surface area contributed by atoms with Gasteiger partial charge in [-0.25, -0.2) is 4.98 Å². The van der Waals surface area contributed by atoms with Gasteiger partial charge in [-0.15, -0.1) is 0 Å². The molecule has 7 heteroatoms. The van der Waals surface area contributed by atoms with Crippen LogP contribution in [0.25, 0.3) is 0 Å². The molecular weight excluding hydrogens is 285 g/mol. The van der Waals surface area contributed by atoms with Gasteiger partial charge in [0.05, 0.1) is 12.7 Å². The van der Waals surface area contributed by atoms with Crippen LogP contribution in [0.2, 0.25) is 0 Å². The molecule has 1 aromatic heterocycles. The van der Waals surface area contributed by atoms with Crippen molar-refractivity contribution in [3.8, 4) is 0 Å². The Labute approximate surface area is 122 Å². The standard InChI is InChI=1S/C14H21F3N2O2/c1-12(2,3)10-8-18-11(21-10)9-19-6-4-13(20,5-7-19)14(15,16)17/h8,20H,4-7,9H2,1-3H3. The van der Waals surface area contributed by atoms with Gasteiger partial charge >= 0.3 is 6.18 Å². The summed E-state index contributed by atoms with van der Waals surface area (Å²) in [6.45, 7) is 6.71. The molecule has 1 saturated heterocycles. The van der Waals surface area contributed by atoms with Crippen LogP contribution in [0.1, 0.15) is 45.3 Å². The first-order chi connectivity index (χ1) is 9.51. The predicted molar refractivity (Wildman–Crippen MR) is 70.7 cm³/mol. The van der Waals surface area contributed by atoms with Crippen LogP contribution in [0.3, 0.4) is 0 Å². The summed E-state index contributed by atoms with van der Waals surface area (Å²) < 4.78 is 43.8. The summed E-state index contributed by atoms with van der Waals surface area (Å²) in [7, 11) is 0. The van der Waals surface area contributed by atoms with Crippen LogP contribution in [0.5, 0.6) is 0 Å². The summed E-state index contributed by atoms with van der Waals surface area (Å²) in [5.74, 6) is 1.25. The number of likely N-dealkylation sites (tertiary alicyclic amines) is 1. The number of aliphatic hydroxyl groups is 1. The minimum atomic E-state index is -4.57. The van der Waals surface area contributed by atoms with Gasteiger partial charge in [-0.05, 0) is 12.8 Å². The molecule has 0 aromatic carbocycles. The normalized spacial score (nSPS) is 20.7. The lowest BCUT2D eigenvalue weighted by atomic mass is 9.91. The predicted octanol–water partition coefficient (Wildman–Crippen LogP) is 2.86. The van der Waals surface area contributed by atoms with Crippen LogP contribution < -0.4 is 0 Å². The number of halogens is 3. The number of rotatable bonds is 2. The number of oxazole rings is 1. The Balaban J connectivity index is 1.94. The lowest BCUT2D eigenvalue weighted by molar-refractivity contribution is -0.273. The second-order valence-corrected chi connectivity index (χ2v) is 6.67. The van der Waals surface area contributed by atoms with Crippen molar-refractivity contribution < 1.29 is 22.7 Å². The monoisotopic (exact) mass is 306 g/mol. The molecule has 120 valence electrons. The molecule has 2 heterocycles. The van der Waals surface area contributed by atoms with Crippen molar-refractivity contribution in [1.82, 2.24) is 9.88 Å². The summed E-state index contributed by atoms with van der Waals surface area (Å²) in [5, 5.41) is 9.61. The fraction of sp³-hybridized carbons (Fsp3) is 0.786. The van der Waals surface area contributed by atoms with Gasteiger partial charge in [0.15, 0.2) is 5.60 Å². The van der Waals surface area contributed by atoms with Gasteiger partial charge < -0.3 is 9.52 Å². The smallest absolute Gasteiger partial charge is 0.417 e. The van der Waals surface area contributed by atoms with Crippen LogP contribution >= 0.6 is 0 Å². The summed E-state index contributed by atoms with van der Waals surface area (Å²) in [4.78, 5) is 5.99. The molecule has 1 N–H and O–H groups in total. The Kier molecular flexibility index (Phi) is 4.10. The lowest BCUT2D eigenvalue weighted by Crippen LogP contribution is -2.53. The zero-order valence-corrected chi connectivity index (χ0v) is 12.5. The maximum Gasteiger partial charge on any atom is 0.417 e. The third-order valence-corrected chi connectivity index (χ3v) is 3.86. The molecule has 0 spiro atoms. The Hall–Kier alpha value is -1.08. The van der Waals surface area contributed by atoms with Crippen molar-refractivity contribution in [2.24, 2.45) is 0 Å². The molecule has 0 amide bonds. The Morgan fingerprint density at radius 1 is 1.29 bits per heavy atom. The molecule has 1 aliphatic rings. The van der Waals surface area contributed by atoms with E-state index >= 15 is 0 Å². The fourth-order valence-corrected chi connectivity index (χ4v) is 2.29. The molecule has 4 nitrogen and oxygen atoms in total. The van der Waals surface area contributed by atoms with Gasteiger partial charge in [-0.3, -0.25) is 4.90 Å². The van der Waals surface area contributed by atoms with Gasteiger partial charge in [0.25, 0.3) is 0 Å². The number of aromatic nitrogens is 1. The largest absolute Gasteiger partial charge is 0.444 e. The highest BCUT2D eigenvalue weighted by atomic mass is 19.4. The van der Waals surface area contributed by atoms with Crippen LogP contribution in [0.4, 0.5) is 13.2 Å². The minimum Gasteiger partial charge on any atom is -0.444 e. The van der Waals surface area contributed by atoms with Crippen LogP contribution in [0.15, 0.2) is 10.6 Å². The number of alkyl halides is 3. The topological polar surface area (TPSA) is 49.5 Å². The van der Waals surface area contributed by atoms with Gasteiger partial charge in [0.1, 0.15) is 5.76 Å². The summed E-state index contributed by atoms with van der Waals surface area (Å²) in [5.41, 5.74) is -2.71. The van der Waals surface area contributed by atoms with E-state index in [9.17, 15) is 18.3 Å². The zero-order chi connectivity index (χ0) is 15.9. The lowest BCUT2D eigenvalue weighted by Gasteiger charge is -2.38.